The Hall–Kier alpha value is -1.39. The zero-order chi connectivity index (χ0) is 13.8. The van der Waals surface area contributed by atoms with E-state index in [-0.39, 0.29) is 5.82 Å². The number of aromatic nitrogens is 1. The minimum Gasteiger partial charge on any atom is -0.446 e. The van der Waals surface area contributed by atoms with Crippen LogP contribution in [0, 0.1) is 19.7 Å². The highest BCUT2D eigenvalue weighted by Crippen LogP contribution is 2.18. The number of nitrogens with zero attached hydrogens (tertiary/aromatic N) is 1. The van der Waals surface area contributed by atoms with Crippen LogP contribution in [-0.2, 0) is 13.0 Å². The zero-order valence-electron chi connectivity index (χ0n) is 11.0. The van der Waals surface area contributed by atoms with Crippen molar-refractivity contribution in [3.05, 3.63) is 51.9 Å². The summed E-state index contributed by atoms with van der Waals surface area (Å²) >= 11 is 5.95. The van der Waals surface area contributed by atoms with Gasteiger partial charge < -0.3 is 9.73 Å². The Bertz CT molecular complexity index is 548. The Balaban J connectivity index is 1.86. The van der Waals surface area contributed by atoms with Crippen LogP contribution in [-0.4, -0.2) is 11.5 Å². The quantitative estimate of drug-likeness (QED) is 0.854. The zero-order valence-corrected chi connectivity index (χ0v) is 11.7. The number of hydrogen-bond acceptors (Lipinski definition) is 3. The molecule has 1 aromatic heterocycles. The summed E-state index contributed by atoms with van der Waals surface area (Å²) in [6, 6.07) is 4.70. The van der Waals surface area contributed by atoms with Crippen LogP contribution in [0.2, 0.25) is 5.02 Å². The van der Waals surface area contributed by atoms with E-state index in [9.17, 15) is 4.39 Å². The molecule has 0 spiro atoms. The number of nitrogens with one attached hydrogen (secondary N) is 1. The van der Waals surface area contributed by atoms with Gasteiger partial charge in [0.2, 0.25) is 0 Å². The van der Waals surface area contributed by atoms with Crippen molar-refractivity contribution >= 4 is 11.6 Å². The fourth-order valence-electron chi connectivity index (χ4n) is 1.93. The smallest absolute Gasteiger partial charge is 0.191 e. The van der Waals surface area contributed by atoms with Crippen molar-refractivity contribution in [2.24, 2.45) is 0 Å². The summed E-state index contributed by atoms with van der Waals surface area (Å²) in [7, 11) is 0. The molecule has 0 atom stereocenters. The lowest BCUT2D eigenvalue weighted by Crippen LogP contribution is -2.18. The molecule has 0 saturated carbocycles. The minimum absolute atomic E-state index is 0.284. The van der Waals surface area contributed by atoms with E-state index >= 15 is 0 Å². The lowest BCUT2D eigenvalue weighted by atomic mass is 10.2. The summed E-state index contributed by atoms with van der Waals surface area (Å²) in [6.45, 7) is 4.81. The minimum atomic E-state index is -0.284. The summed E-state index contributed by atoms with van der Waals surface area (Å²) < 4.78 is 18.9. The number of hydrogen-bond donors (Lipinski definition) is 1. The van der Waals surface area contributed by atoms with Crippen LogP contribution in [0.3, 0.4) is 0 Å². The third-order valence-corrected chi connectivity index (χ3v) is 3.26. The molecule has 0 radical (unpaired) electrons. The van der Waals surface area contributed by atoms with E-state index in [2.05, 4.69) is 10.3 Å². The molecule has 1 N–H and O–H groups in total. The number of benzene rings is 1. The first-order valence-electron chi connectivity index (χ1n) is 6.14. The van der Waals surface area contributed by atoms with Gasteiger partial charge in [0.25, 0.3) is 0 Å². The van der Waals surface area contributed by atoms with Crippen molar-refractivity contribution in [2.75, 3.05) is 6.54 Å². The summed E-state index contributed by atoms with van der Waals surface area (Å²) in [6.07, 6.45) is 0.745. The van der Waals surface area contributed by atoms with Crippen molar-refractivity contribution in [1.82, 2.24) is 10.3 Å². The highest BCUT2D eigenvalue weighted by molar-refractivity contribution is 6.31. The average Bonchev–Trinajstić information content (AvgIpc) is 2.66. The number of aryl methyl sites for hydroxylation is 2. The average molecular weight is 283 g/mol. The van der Waals surface area contributed by atoms with Crippen LogP contribution in [0.5, 0.6) is 0 Å². The van der Waals surface area contributed by atoms with Gasteiger partial charge >= 0.3 is 0 Å². The lowest BCUT2D eigenvalue weighted by Gasteiger charge is -2.07. The molecule has 2 rings (SSSR count). The van der Waals surface area contributed by atoms with E-state index in [4.69, 9.17) is 16.0 Å². The van der Waals surface area contributed by atoms with Gasteiger partial charge in [0.1, 0.15) is 11.6 Å². The van der Waals surface area contributed by atoms with E-state index in [1.54, 1.807) is 12.1 Å². The van der Waals surface area contributed by atoms with Gasteiger partial charge in [-0.2, -0.15) is 0 Å². The standard InChI is InChI=1S/C14H16ClFN2O/c1-9-14(18-10(2)19-9)6-7-17-8-11-12(15)4-3-5-13(11)16/h3-5,17H,6-8H2,1-2H3. The van der Waals surface area contributed by atoms with Gasteiger partial charge in [-0.25, -0.2) is 9.37 Å². The molecular formula is C14H16ClFN2O. The van der Waals surface area contributed by atoms with E-state index in [0.717, 1.165) is 17.9 Å². The molecule has 5 heteroatoms. The second-order valence-corrected chi connectivity index (χ2v) is 4.77. The van der Waals surface area contributed by atoms with E-state index in [1.165, 1.54) is 6.07 Å². The molecule has 1 aromatic carbocycles. The summed E-state index contributed by atoms with van der Waals surface area (Å²) in [5.41, 5.74) is 1.43. The molecular weight excluding hydrogens is 267 g/mol. The normalized spacial score (nSPS) is 10.9. The Morgan fingerprint density at radius 1 is 1.37 bits per heavy atom. The molecule has 0 bridgehead atoms. The van der Waals surface area contributed by atoms with Gasteiger partial charge in [-0.1, -0.05) is 17.7 Å². The number of rotatable bonds is 5. The second-order valence-electron chi connectivity index (χ2n) is 4.36. The van der Waals surface area contributed by atoms with Crippen LogP contribution in [0.25, 0.3) is 0 Å². The fraction of sp³-hybridized carbons (Fsp3) is 0.357. The molecule has 0 aliphatic heterocycles. The number of oxazole rings is 1. The monoisotopic (exact) mass is 282 g/mol. The van der Waals surface area contributed by atoms with E-state index < -0.39 is 0 Å². The third kappa shape index (κ3) is 3.55. The van der Waals surface area contributed by atoms with Crippen molar-refractivity contribution in [2.45, 2.75) is 26.8 Å². The molecule has 19 heavy (non-hydrogen) atoms. The Morgan fingerprint density at radius 3 is 2.79 bits per heavy atom. The van der Waals surface area contributed by atoms with Crippen LogP contribution >= 0.6 is 11.6 Å². The van der Waals surface area contributed by atoms with Crippen molar-refractivity contribution in [3.63, 3.8) is 0 Å². The van der Waals surface area contributed by atoms with Crippen molar-refractivity contribution < 1.29 is 8.81 Å². The maximum absolute atomic E-state index is 13.5. The highest BCUT2D eigenvalue weighted by atomic mass is 35.5. The molecule has 0 fully saturated rings. The molecule has 0 amide bonds. The van der Waals surface area contributed by atoms with Crippen molar-refractivity contribution in [3.8, 4) is 0 Å². The number of halogens is 2. The first-order chi connectivity index (χ1) is 9.08. The van der Waals surface area contributed by atoms with E-state index in [0.29, 0.717) is 29.6 Å². The predicted octanol–water partition coefficient (Wildman–Crippen LogP) is 3.42. The predicted molar refractivity (Wildman–Crippen MR) is 72.8 cm³/mol. The summed E-state index contributed by atoms with van der Waals surface area (Å²) in [4.78, 5) is 4.28. The molecule has 0 aliphatic carbocycles. The first kappa shape index (κ1) is 14.0. The van der Waals surface area contributed by atoms with Crippen molar-refractivity contribution in [1.29, 1.82) is 0 Å². The molecule has 0 saturated heterocycles. The van der Waals surface area contributed by atoms with Gasteiger partial charge in [-0.05, 0) is 19.1 Å². The first-order valence-corrected chi connectivity index (χ1v) is 6.52. The SMILES string of the molecule is Cc1nc(CCNCc2c(F)cccc2Cl)c(C)o1. The highest BCUT2D eigenvalue weighted by Gasteiger charge is 2.08. The van der Waals surface area contributed by atoms with Gasteiger partial charge in [-0.15, -0.1) is 0 Å². The molecule has 0 unspecified atom stereocenters. The topological polar surface area (TPSA) is 38.1 Å². The third-order valence-electron chi connectivity index (χ3n) is 2.90. The summed E-state index contributed by atoms with van der Waals surface area (Å²) in [5, 5.41) is 3.61. The lowest BCUT2D eigenvalue weighted by molar-refractivity contribution is 0.492. The molecule has 0 aliphatic rings. The van der Waals surface area contributed by atoms with Gasteiger partial charge in [-0.3, -0.25) is 0 Å². The maximum atomic E-state index is 13.5. The van der Waals surface area contributed by atoms with Gasteiger partial charge in [0.15, 0.2) is 5.89 Å². The van der Waals surface area contributed by atoms with Crippen LogP contribution in [0.15, 0.2) is 22.6 Å². The van der Waals surface area contributed by atoms with Crippen LogP contribution in [0.4, 0.5) is 4.39 Å². The summed E-state index contributed by atoms with van der Waals surface area (Å²) in [5.74, 6) is 1.22. The fourth-order valence-corrected chi connectivity index (χ4v) is 2.16. The van der Waals surface area contributed by atoms with Gasteiger partial charge in [0, 0.05) is 37.0 Å². The van der Waals surface area contributed by atoms with E-state index in [1.807, 2.05) is 13.8 Å². The largest absolute Gasteiger partial charge is 0.446 e. The van der Waals surface area contributed by atoms with Gasteiger partial charge in [0.05, 0.1) is 5.69 Å². The maximum Gasteiger partial charge on any atom is 0.191 e. The Kier molecular flexibility index (Phi) is 4.56. The van der Waals surface area contributed by atoms with Crippen LogP contribution in [0.1, 0.15) is 22.9 Å². The molecule has 2 aromatic rings. The Morgan fingerprint density at radius 2 is 2.16 bits per heavy atom. The molecule has 1 heterocycles. The molecule has 3 nitrogen and oxygen atoms in total. The second kappa shape index (κ2) is 6.17. The van der Waals surface area contributed by atoms with Crippen LogP contribution < -0.4 is 5.32 Å². The Labute approximate surface area is 116 Å². The molecule has 102 valence electrons.